The molecular formula is C18H27N3O3S. The molecular weight excluding hydrogens is 338 g/mol. The second-order valence-electron chi connectivity index (χ2n) is 6.94. The van der Waals surface area contributed by atoms with Crippen molar-refractivity contribution in [1.29, 1.82) is 0 Å². The minimum Gasteiger partial charge on any atom is -0.336 e. The first-order chi connectivity index (χ1) is 12.0. The number of amides is 1. The number of sulfonamides is 1. The van der Waals surface area contributed by atoms with Crippen LogP contribution in [-0.2, 0) is 10.0 Å². The van der Waals surface area contributed by atoms with Gasteiger partial charge in [-0.15, -0.1) is 0 Å². The number of carbonyl (C=O) groups is 1. The van der Waals surface area contributed by atoms with Crippen molar-refractivity contribution in [3.05, 3.63) is 29.8 Å². The molecule has 0 N–H and O–H groups in total. The Kier molecular flexibility index (Phi) is 5.76. The van der Waals surface area contributed by atoms with E-state index < -0.39 is 10.0 Å². The molecule has 25 heavy (non-hydrogen) atoms. The summed E-state index contributed by atoms with van der Waals surface area (Å²) in [5.41, 5.74) is 0.459. The number of piperazine rings is 1. The Hall–Kier alpha value is -1.44. The lowest BCUT2D eigenvalue weighted by Crippen LogP contribution is -2.47. The van der Waals surface area contributed by atoms with Crippen molar-refractivity contribution in [3.63, 3.8) is 0 Å². The van der Waals surface area contributed by atoms with Crippen LogP contribution >= 0.6 is 0 Å². The van der Waals surface area contributed by atoms with Gasteiger partial charge in [0, 0.05) is 44.8 Å². The Morgan fingerprint density at radius 3 is 2.20 bits per heavy atom. The van der Waals surface area contributed by atoms with Crippen LogP contribution in [0, 0.1) is 0 Å². The first-order valence-electron chi connectivity index (χ1n) is 9.06. The quantitative estimate of drug-likeness (QED) is 0.817. The summed E-state index contributed by atoms with van der Waals surface area (Å²) >= 11 is 0. The summed E-state index contributed by atoms with van der Waals surface area (Å²) in [7, 11) is -1.49. The highest BCUT2D eigenvalue weighted by atomic mass is 32.2. The fraction of sp³-hybridized carbons (Fsp3) is 0.611. The van der Waals surface area contributed by atoms with Crippen LogP contribution in [0.2, 0.25) is 0 Å². The molecule has 2 aliphatic heterocycles. The molecule has 1 aromatic carbocycles. The van der Waals surface area contributed by atoms with Gasteiger partial charge in [0.05, 0.1) is 4.90 Å². The van der Waals surface area contributed by atoms with Crippen LogP contribution in [0.1, 0.15) is 36.0 Å². The van der Waals surface area contributed by atoms with E-state index in [-0.39, 0.29) is 10.8 Å². The number of hydrogen-bond acceptors (Lipinski definition) is 4. The Morgan fingerprint density at radius 2 is 1.56 bits per heavy atom. The van der Waals surface area contributed by atoms with E-state index in [1.165, 1.54) is 0 Å². The van der Waals surface area contributed by atoms with Crippen molar-refractivity contribution < 1.29 is 13.2 Å². The monoisotopic (exact) mass is 365 g/mol. The van der Waals surface area contributed by atoms with E-state index in [1.807, 2.05) is 7.05 Å². The Balaban J connectivity index is 1.79. The van der Waals surface area contributed by atoms with E-state index in [0.717, 1.165) is 38.8 Å². The molecule has 0 bridgehead atoms. The molecule has 7 heteroatoms. The average molecular weight is 365 g/mol. The summed E-state index contributed by atoms with van der Waals surface area (Å²) in [5, 5.41) is 0. The number of carbonyl (C=O) groups excluding carboxylic acids is 1. The zero-order valence-corrected chi connectivity index (χ0v) is 15.7. The predicted octanol–water partition coefficient (Wildman–Crippen LogP) is 1.64. The van der Waals surface area contributed by atoms with E-state index in [2.05, 4.69) is 4.90 Å². The predicted molar refractivity (Wildman–Crippen MR) is 97.1 cm³/mol. The van der Waals surface area contributed by atoms with Crippen LogP contribution in [0.25, 0.3) is 0 Å². The van der Waals surface area contributed by atoms with Crippen molar-refractivity contribution >= 4 is 15.9 Å². The minimum absolute atomic E-state index is 0.0824. The second-order valence-corrected chi connectivity index (χ2v) is 8.88. The van der Waals surface area contributed by atoms with Crippen molar-refractivity contribution in [3.8, 4) is 0 Å². The highest BCUT2D eigenvalue weighted by Crippen LogP contribution is 2.21. The van der Waals surface area contributed by atoms with Gasteiger partial charge in [0.1, 0.15) is 0 Å². The number of rotatable bonds is 3. The van der Waals surface area contributed by atoms with Gasteiger partial charge < -0.3 is 9.80 Å². The lowest BCUT2D eigenvalue weighted by Gasteiger charge is -2.32. The largest absolute Gasteiger partial charge is 0.336 e. The summed E-state index contributed by atoms with van der Waals surface area (Å²) in [6.07, 6.45) is 3.96. The smallest absolute Gasteiger partial charge is 0.253 e. The number of likely N-dealkylation sites (N-methyl/N-ethyl adjacent to an activating group) is 1. The van der Waals surface area contributed by atoms with Gasteiger partial charge in [-0.2, -0.15) is 4.31 Å². The number of nitrogens with zero attached hydrogens (tertiary/aromatic N) is 3. The van der Waals surface area contributed by atoms with Crippen molar-refractivity contribution in [2.75, 3.05) is 46.3 Å². The Morgan fingerprint density at radius 1 is 0.920 bits per heavy atom. The highest BCUT2D eigenvalue weighted by Gasteiger charge is 2.27. The molecule has 0 aromatic heterocycles. The maximum absolute atomic E-state index is 12.9. The van der Waals surface area contributed by atoms with E-state index in [9.17, 15) is 13.2 Å². The molecule has 1 amide bonds. The molecule has 2 aliphatic rings. The topological polar surface area (TPSA) is 60.9 Å². The molecule has 3 rings (SSSR count). The van der Waals surface area contributed by atoms with Gasteiger partial charge in [0.25, 0.3) is 5.91 Å². The zero-order chi connectivity index (χ0) is 17.9. The molecule has 0 radical (unpaired) electrons. The van der Waals surface area contributed by atoms with Gasteiger partial charge in [-0.3, -0.25) is 4.79 Å². The standard InChI is InChI=1S/C18H27N3O3S/c1-19-11-13-20(14-12-19)18(22)16-7-6-8-17(15-16)25(23,24)21-9-4-2-3-5-10-21/h6-8,15H,2-5,9-14H2,1H3. The van der Waals surface area contributed by atoms with Crippen LogP contribution < -0.4 is 0 Å². The SMILES string of the molecule is CN1CCN(C(=O)c2cccc(S(=O)(=O)N3CCCCCC3)c2)CC1. The molecule has 2 heterocycles. The van der Waals surface area contributed by atoms with Gasteiger partial charge in [0.15, 0.2) is 0 Å². The third kappa shape index (κ3) is 4.22. The highest BCUT2D eigenvalue weighted by molar-refractivity contribution is 7.89. The van der Waals surface area contributed by atoms with Gasteiger partial charge in [-0.1, -0.05) is 18.9 Å². The second kappa shape index (κ2) is 7.85. The van der Waals surface area contributed by atoms with Gasteiger partial charge in [-0.25, -0.2) is 8.42 Å². The minimum atomic E-state index is -3.53. The molecule has 138 valence electrons. The third-order valence-corrected chi connectivity index (χ3v) is 6.97. The third-order valence-electron chi connectivity index (χ3n) is 5.07. The normalized spacial score (nSPS) is 21.1. The summed E-state index contributed by atoms with van der Waals surface area (Å²) in [4.78, 5) is 16.9. The van der Waals surface area contributed by atoms with Gasteiger partial charge in [0.2, 0.25) is 10.0 Å². The van der Waals surface area contributed by atoms with Gasteiger partial charge in [-0.05, 0) is 38.1 Å². The summed E-state index contributed by atoms with van der Waals surface area (Å²) < 4.78 is 27.4. The fourth-order valence-corrected chi connectivity index (χ4v) is 4.98. The van der Waals surface area contributed by atoms with E-state index in [4.69, 9.17) is 0 Å². The molecule has 0 atom stereocenters. The van der Waals surface area contributed by atoms with Crippen LogP contribution in [0.5, 0.6) is 0 Å². The van der Waals surface area contributed by atoms with Crippen LogP contribution in [0.4, 0.5) is 0 Å². The van der Waals surface area contributed by atoms with E-state index in [1.54, 1.807) is 33.5 Å². The van der Waals surface area contributed by atoms with Gasteiger partial charge >= 0.3 is 0 Å². The number of hydrogen-bond donors (Lipinski definition) is 0. The summed E-state index contributed by atoms with van der Waals surface area (Å²) in [6, 6.07) is 6.53. The fourth-order valence-electron chi connectivity index (χ4n) is 3.41. The molecule has 6 nitrogen and oxygen atoms in total. The molecule has 2 saturated heterocycles. The first kappa shape index (κ1) is 18.4. The molecule has 1 aromatic rings. The molecule has 0 unspecified atom stereocenters. The van der Waals surface area contributed by atoms with Crippen LogP contribution in [0.15, 0.2) is 29.2 Å². The van der Waals surface area contributed by atoms with Crippen LogP contribution in [0.3, 0.4) is 0 Å². The van der Waals surface area contributed by atoms with Crippen molar-refractivity contribution in [1.82, 2.24) is 14.1 Å². The molecule has 0 saturated carbocycles. The lowest BCUT2D eigenvalue weighted by molar-refractivity contribution is 0.0664. The van der Waals surface area contributed by atoms with Crippen LogP contribution in [-0.4, -0.2) is 74.7 Å². The Bertz CT molecular complexity index is 704. The lowest BCUT2D eigenvalue weighted by atomic mass is 10.2. The summed E-state index contributed by atoms with van der Waals surface area (Å²) in [6.45, 7) is 4.18. The molecule has 0 spiro atoms. The maximum Gasteiger partial charge on any atom is 0.253 e. The zero-order valence-electron chi connectivity index (χ0n) is 14.9. The van der Waals surface area contributed by atoms with Crippen molar-refractivity contribution in [2.24, 2.45) is 0 Å². The van der Waals surface area contributed by atoms with E-state index >= 15 is 0 Å². The van der Waals surface area contributed by atoms with Crippen molar-refractivity contribution in [2.45, 2.75) is 30.6 Å². The summed E-state index contributed by atoms with van der Waals surface area (Å²) in [5.74, 6) is -0.0824. The molecule has 2 fully saturated rings. The first-order valence-corrected chi connectivity index (χ1v) is 10.5. The van der Waals surface area contributed by atoms with E-state index in [0.29, 0.717) is 31.7 Å². The number of benzene rings is 1. The molecule has 0 aliphatic carbocycles. The maximum atomic E-state index is 12.9. The average Bonchev–Trinajstić information content (AvgIpc) is 2.92. The Labute approximate surface area is 150 Å².